The standard InChI is InChI=1S/C12H18N3O3S/c1-5-10-12-11(18-3)7-6-8-15(12,9(2)13-10)14-19(4,16)17/h6-8,14H,5H2,1-4H3/q+1. The van der Waals surface area contributed by atoms with Crippen LogP contribution in [-0.4, -0.2) is 32.2 Å². The molecular weight excluding hydrogens is 266 g/mol. The number of allylic oxidation sites excluding steroid dienone is 3. The number of hydrogen-bond acceptors (Lipinski definition) is 4. The smallest absolute Gasteiger partial charge is 0.251 e. The second-order valence-electron chi connectivity index (χ2n) is 4.47. The van der Waals surface area contributed by atoms with Crippen LogP contribution in [0.3, 0.4) is 0 Å². The fourth-order valence-electron chi connectivity index (χ4n) is 2.34. The van der Waals surface area contributed by atoms with Gasteiger partial charge in [0.2, 0.25) is 11.5 Å². The Balaban J connectivity index is 2.63. The Morgan fingerprint density at radius 3 is 2.68 bits per heavy atom. The first-order valence-corrected chi connectivity index (χ1v) is 7.84. The van der Waals surface area contributed by atoms with Crippen LogP contribution in [0.15, 0.2) is 40.5 Å². The molecule has 7 heteroatoms. The highest BCUT2D eigenvalue weighted by atomic mass is 32.2. The molecule has 104 valence electrons. The summed E-state index contributed by atoms with van der Waals surface area (Å²) in [5.74, 6) is 1.27. The number of methoxy groups -OCH3 is 1. The molecule has 0 aromatic carbocycles. The molecule has 2 rings (SSSR count). The van der Waals surface area contributed by atoms with Crippen LogP contribution in [0, 0.1) is 0 Å². The Kier molecular flexibility index (Phi) is 3.38. The fraction of sp³-hybridized carbons (Fsp3) is 0.417. The molecule has 1 N–H and O–H groups in total. The van der Waals surface area contributed by atoms with Crippen LogP contribution < -0.4 is 4.83 Å². The summed E-state index contributed by atoms with van der Waals surface area (Å²) in [6.07, 6.45) is 7.15. The number of hydrogen-bond donors (Lipinski definition) is 1. The zero-order valence-electron chi connectivity index (χ0n) is 11.5. The minimum atomic E-state index is -3.41. The summed E-state index contributed by atoms with van der Waals surface area (Å²) in [6.45, 7) is 3.77. The van der Waals surface area contributed by atoms with Gasteiger partial charge >= 0.3 is 0 Å². The van der Waals surface area contributed by atoms with E-state index in [1.165, 1.54) is 0 Å². The van der Waals surface area contributed by atoms with Gasteiger partial charge in [-0.3, -0.25) is 0 Å². The second-order valence-corrected chi connectivity index (χ2v) is 6.20. The lowest BCUT2D eigenvalue weighted by atomic mass is 10.1. The number of amidine groups is 1. The molecule has 19 heavy (non-hydrogen) atoms. The molecule has 0 aliphatic carbocycles. The van der Waals surface area contributed by atoms with Gasteiger partial charge in [-0.15, -0.1) is 4.59 Å². The minimum Gasteiger partial charge on any atom is -0.491 e. The molecule has 0 radical (unpaired) electrons. The third kappa shape index (κ3) is 2.24. The third-order valence-electron chi connectivity index (χ3n) is 3.09. The molecule has 0 aromatic heterocycles. The van der Waals surface area contributed by atoms with Crippen LogP contribution in [-0.2, 0) is 14.8 Å². The van der Waals surface area contributed by atoms with Crippen LogP contribution >= 0.6 is 0 Å². The number of quaternary nitrogens is 1. The Morgan fingerprint density at radius 2 is 2.16 bits per heavy atom. The van der Waals surface area contributed by atoms with Crippen molar-refractivity contribution in [1.29, 1.82) is 0 Å². The molecular formula is C12H18N3O3S+. The van der Waals surface area contributed by atoms with Crippen molar-refractivity contribution in [3.05, 3.63) is 35.5 Å². The summed E-state index contributed by atoms with van der Waals surface area (Å²) in [5.41, 5.74) is 1.56. The van der Waals surface area contributed by atoms with Crippen molar-refractivity contribution in [2.45, 2.75) is 20.3 Å². The highest BCUT2D eigenvalue weighted by molar-refractivity contribution is 7.88. The molecule has 0 amide bonds. The molecule has 2 heterocycles. The zero-order valence-corrected chi connectivity index (χ0v) is 12.3. The van der Waals surface area contributed by atoms with E-state index < -0.39 is 10.0 Å². The van der Waals surface area contributed by atoms with E-state index in [9.17, 15) is 8.42 Å². The number of fused-ring (bicyclic) bond motifs is 1. The molecule has 1 unspecified atom stereocenters. The SMILES string of the molecule is CCC1=C2C(OC)=CC=C[N+]2(NS(C)(=O)=O)C(C)=N1. The molecule has 2 aliphatic heterocycles. The molecule has 0 aromatic rings. The van der Waals surface area contributed by atoms with Crippen molar-refractivity contribution < 1.29 is 17.7 Å². The average Bonchev–Trinajstić information content (AvgIpc) is 2.60. The van der Waals surface area contributed by atoms with E-state index in [0.717, 1.165) is 17.6 Å². The summed E-state index contributed by atoms with van der Waals surface area (Å²) in [4.78, 5) is 7.10. The Bertz CT molecular complexity index is 629. The van der Waals surface area contributed by atoms with Gasteiger partial charge in [0.15, 0.2) is 5.76 Å². The highest BCUT2D eigenvalue weighted by Crippen LogP contribution is 2.37. The topological polar surface area (TPSA) is 67.8 Å². The predicted molar refractivity (Wildman–Crippen MR) is 72.9 cm³/mol. The van der Waals surface area contributed by atoms with E-state index in [1.54, 1.807) is 32.4 Å². The van der Waals surface area contributed by atoms with Crippen molar-refractivity contribution in [2.24, 2.45) is 4.99 Å². The summed E-state index contributed by atoms with van der Waals surface area (Å²) in [6, 6.07) is 0. The first kappa shape index (κ1) is 14.0. The van der Waals surface area contributed by atoms with Crippen molar-refractivity contribution in [2.75, 3.05) is 13.4 Å². The number of rotatable bonds is 4. The summed E-state index contributed by atoms with van der Waals surface area (Å²) in [5, 5.41) is 0. The molecule has 2 aliphatic rings. The maximum absolute atomic E-state index is 11.7. The van der Waals surface area contributed by atoms with E-state index in [4.69, 9.17) is 4.74 Å². The molecule has 0 saturated heterocycles. The Hall–Kier alpha value is -1.44. The second kappa shape index (κ2) is 4.59. The summed E-state index contributed by atoms with van der Waals surface area (Å²) >= 11 is 0. The van der Waals surface area contributed by atoms with Crippen molar-refractivity contribution >= 4 is 15.9 Å². The van der Waals surface area contributed by atoms with Crippen LogP contribution in [0.4, 0.5) is 0 Å². The van der Waals surface area contributed by atoms with Gasteiger partial charge in [-0.1, -0.05) is 6.92 Å². The van der Waals surface area contributed by atoms with Gasteiger partial charge in [0.05, 0.1) is 13.4 Å². The van der Waals surface area contributed by atoms with E-state index in [0.29, 0.717) is 18.0 Å². The first-order chi connectivity index (χ1) is 8.84. The minimum absolute atomic E-state index is 0.123. The van der Waals surface area contributed by atoms with Crippen molar-refractivity contribution in [1.82, 2.24) is 4.83 Å². The zero-order chi connectivity index (χ0) is 14.3. The molecule has 0 spiro atoms. The van der Waals surface area contributed by atoms with Crippen LogP contribution in [0.25, 0.3) is 0 Å². The van der Waals surface area contributed by atoms with Gasteiger partial charge in [0, 0.05) is 6.92 Å². The number of aliphatic imine (C=N–C) groups is 1. The van der Waals surface area contributed by atoms with Crippen LogP contribution in [0.1, 0.15) is 20.3 Å². The first-order valence-electron chi connectivity index (χ1n) is 5.95. The van der Waals surface area contributed by atoms with Crippen molar-refractivity contribution in [3.63, 3.8) is 0 Å². The van der Waals surface area contributed by atoms with Gasteiger partial charge in [-0.05, 0) is 23.4 Å². The number of ether oxygens (including phenoxy) is 1. The van der Waals surface area contributed by atoms with E-state index in [2.05, 4.69) is 9.82 Å². The maximum atomic E-state index is 11.7. The molecule has 1 atom stereocenters. The normalized spacial score (nSPS) is 26.1. The largest absolute Gasteiger partial charge is 0.491 e. The molecule has 0 saturated carbocycles. The monoisotopic (exact) mass is 284 g/mol. The number of nitrogens with zero attached hydrogens (tertiary/aromatic N) is 2. The van der Waals surface area contributed by atoms with Gasteiger partial charge in [-0.25, -0.2) is 8.42 Å². The van der Waals surface area contributed by atoms with Gasteiger partial charge in [-0.2, -0.15) is 4.99 Å². The van der Waals surface area contributed by atoms with E-state index >= 15 is 0 Å². The number of sulfonamides is 1. The average molecular weight is 284 g/mol. The molecule has 6 nitrogen and oxygen atoms in total. The van der Waals surface area contributed by atoms with Crippen LogP contribution in [0.2, 0.25) is 0 Å². The van der Waals surface area contributed by atoms with Gasteiger partial charge < -0.3 is 4.74 Å². The van der Waals surface area contributed by atoms with Crippen LogP contribution in [0.5, 0.6) is 0 Å². The van der Waals surface area contributed by atoms with E-state index in [-0.39, 0.29) is 4.59 Å². The number of nitrogens with one attached hydrogen (secondary N) is 1. The lowest BCUT2D eigenvalue weighted by molar-refractivity contribution is -0.778. The van der Waals surface area contributed by atoms with Crippen molar-refractivity contribution in [3.8, 4) is 0 Å². The Labute approximate surface area is 113 Å². The summed E-state index contributed by atoms with van der Waals surface area (Å²) in [7, 11) is -1.85. The lowest BCUT2D eigenvalue weighted by Gasteiger charge is -2.32. The molecule has 0 bridgehead atoms. The fourth-order valence-corrected chi connectivity index (χ4v) is 3.15. The maximum Gasteiger partial charge on any atom is 0.251 e. The summed E-state index contributed by atoms with van der Waals surface area (Å²) < 4.78 is 28.6. The Morgan fingerprint density at radius 1 is 1.47 bits per heavy atom. The lowest BCUT2D eigenvalue weighted by Crippen LogP contribution is -2.57. The predicted octanol–water partition coefficient (Wildman–Crippen LogP) is 1.38. The van der Waals surface area contributed by atoms with E-state index in [1.807, 2.05) is 6.92 Å². The quantitative estimate of drug-likeness (QED) is 0.793. The van der Waals surface area contributed by atoms with Gasteiger partial charge in [0.25, 0.3) is 10.0 Å². The third-order valence-corrected chi connectivity index (χ3v) is 3.71. The molecule has 0 fully saturated rings. The van der Waals surface area contributed by atoms with Gasteiger partial charge in [0.1, 0.15) is 11.9 Å². The highest BCUT2D eigenvalue weighted by Gasteiger charge is 2.48.